The smallest absolute Gasteiger partial charge is 0.171 e. The zero-order valence-electron chi connectivity index (χ0n) is 8.22. The molecular formula is C10H5BrClF2N3. The molecule has 2 rings (SSSR count). The maximum Gasteiger partial charge on any atom is 0.171 e. The lowest BCUT2D eigenvalue weighted by atomic mass is 10.3. The summed E-state index contributed by atoms with van der Waals surface area (Å²) in [5.74, 6) is -1.41. The van der Waals surface area contributed by atoms with Gasteiger partial charge in [-0.15, -0.1) is 0 Å². The Morgan fingerprint density at radius 1 is 1.12 bits per heavy atom. The van der Waals surface area contributed by atoms with Gasteiger partial charge in [0.2, 0.25) is 0 Å². The first-order valence-corrected chi connectivity index (χ1v) is 5.63. The van der Waals surface area contributed by atoms with Crippen LogP contribution in [0, 0.1) is 11.6 Å². The van der Waals surface area contributed by atoms with Gasteiger partial charge in [0.15, 0.2) is 22.6 Å². The number of aromatic nitrogens is 2. The van der Waals surface area contributed by atoms with Gasteiger partial charge in [0.1, 0.15) is 5.69 Å². The Labute approximate surface area is 109 Å². The maximum absolute atomic E-state index is 13.5. The van der Waals surface area contributed by atoms with E-state index in [-0.39, 0.29) is 16.7 Å². The van der Waals surface area contributed by atoms with Crippen LogP contribution >= 0.6 is 27.5 Å². The molecule has 88 valence electrons. The van der Waals surface area contributed by atoms with Gasteiger partial charge in [-0.2, -0.15) is 0 Å². The van der Waals surface area contributed by atoms with Gasteiger partial charge in [0, 0.05) is 16.9 Å². The largest absolute Gasteiger partial charge is 0.333 e. The zero-order chi connectivity index (χ0) is 12.4. The minimum atomic E-state index is -0.751. The van der Waals surface area contributed by atoms with Crippen molar-refractivity contribution in [3.8, 4) is 0 Å². The predicted octanol–water partition coefficient (Wildman–Crippen LogP) is 3.91. The molecule has 0 unspecified atom stereocenters. The molecule has 0 radical (unpaired) electrons. The minimum absolute atomic E-state index is 0.0363. The molecule has 0 bridgehead atoms. The van der Waals surface area contributed by atoms with Gasteiger partial charge in [-0.25, -0.2) is 18.7 Å². The number of anilines is 2. The molecule has 0 spiro atoms. The molecule has 0 aliphatic heterocycles. The van der Waals surface area contributed by atoms with Crippen molar-refractivity contribution in [3.05, 3.63) is 45.8 Å². The summed E-state index contributed by atoms with van der Waals surface area (Å²) in [6.45, 7) is 0. The topological polar surface area (TPSA) is 37.8 Å². The molecule has 17 heavy (non-hydrogen) atoms. The average Bonchev–Trinajstić information content (AvgIpc) is 2.25. The van der Waals surface area contributed by atoms with E-state index in [0.29, 0.717) is 4.47 Å². The van der Waals surface area contributed by atoms with Crippen LogP contribution in [0.2, 0.25) is 5.15 Å². The van der Waals surface area contributed by atoms with Crippen molar-refractivity contribution in [2.75, 3.05) is 5.32 Å². The number of hydrogen-bond donors (Lipinski definition) is 1. The Morgan fingerprint density at radius 3 is 2.29 bits per heavy atom. The lowest BCUT2D eigenvalue weighted by molar-refractivity contribution is 0.589. The number of rotatable bonds is 2. The third-order valence-corrected chi connectivity index (χ3v) is 2.64. The number of nitrogens with zero attached hydrogens (tertiary/aromatic N) is 2. The quantitative estimate of drug-likeness (QED) is 0.911. The van der Waals surface area contributed by atoms with Crippen LogP contribution in [0.25, 0.3) is 0 Å². The molecule has 3 nitrogen and oxygen atoms in total. The molecule has 0 saturated heterocycles. The fourth-order valence-electron chi connectivity index (χ4n) is 1.18. The first-order chi connectivity index (χ1) is 8.08. The third kappa shape index (κ3) is 2.70. The van der Waals surface area contributed by atoms with Gasteiger partial charge in [-0.3, -0.25) is 0 Å². The van der Waals surface area contributed by atoms with Crippen LogP contribution in [0.15, 0.2) is 29.0 Å². The highest BCUT2D eigenvalue weighted by atomic mass is 79.9. The van der Waals surface area contributed by atoms with E-state index in [1.165, 1.54) is 12.4 Å². The van der Waals surface area contributed by atoms with Crippen molar-refractivity contribution >= 4 is 39.0 Å². The van der Waals surface area contributed by atoms with Gasteiger partial charge in [0.25, 0.3) is 0 Å². The van der Waals surface area contributed by atoms with Crippen molar-refractivity contribution in [1.29, 1.82) is 0 Å². The monoisotopic (exact) mass is 319 g/mol. The van der Waals surface area contributed by atoms with Gasteiger partial charge < -0.3 is 5.32 Å². The van der Waals surface area contributed by atoms with E-state index in [4.69, 9.17) is 11.6 Å². The molecule has 1 aromatic heterocycles. The molecule has 2 aromatic rings. The third-order valence-electron chi connectivity index (χ3n) is 1.90. The van der Waals surface area contributed by atoms with Crippen LogP contribution in [0.1, 0.15) is 0 Å². The second kappa shape index (κ2) is 4.93. The summed E-state index contributed by atoms with van der Waals surface area (Å²) in [4.78, 5) is 7.57. The molecule has 7 heteroatoms. The van der Waals surface area contributed by atoms with Gasteiger partial charge in [0.05, 0.1) is 0 Å². The van der Waals surface area contributed by atoms with Crippen molar-refractivity contribution in [3.63, 3.8) is 0 Å². The summed E-state index contributed by atoms with van der Waals surface area (Å²) in [5.41, 5.74) is -0.324. The number of hydrogen-bond acceptors (Lipinski definition) is 3. The van der Waals surface area contributed by atoms with Gasteiger partial charge >= 0.3 is 0 Å². The first-order valence-electron chi connectivity index (χ1n) is 4.46. The fourth-order valence-corrected chi connectivity index (χ4v) is 1.74. The van der Waals surface area contributed by atoms with E-state index in [0.717, 1.165) is 12.1 Å². The van der Waals surface area contributed by atoms with E-state index in [1.54, 1.807) is 0 Å². The molecule has 1 N–H and O–H groups in total. The van der Waals surface area contributed by atoms with Crippen molar-refractivity contribution in [1.82, 2.24) is 9.97 Å². The van der Waals surface area contributed by atoms with Crippen LogP contribution in [-0.4, -0.2) is 9.97 Å². The number of benzene rings is 1. The van der Waals surface area contributed by atoms with Crippen molar-refractivity contribution in [2.45, 2.75) is 0 Å². The summed E-state index contributed by atoms with van der Waals surface area (Å²) >= 11 is 8.71. The summed E-state index contributed by atoms with van der Waals surface area (Å²) in [7, 11) is 0. The van der Waals surface area contributed by atoms with E-state index < -0.39 is 11.6 Å². The molecule has 0 saturated carbocycles. The molecule has 1 aromatic carbocycles. The van der Waals surface area contributed by atoms with E-state index in [9.17, 15) is 8.78 Å². The second-order valence-electron chi connectivity index (χ2n) is 3.07. The van der Waals surface area contributed by atoms with Crippen LogP contribution in [0.5, 0.6) is 0 Å². The second-order valence-corrected chi connectivity index (χ2v) is 4.34. The molecule has 1 heterocycles. The summed E-state index contributed by atoms with van der Waals surface area (Å²) in [5, 5.41) is 2.50. The minimum Gasteiger partial charge on any atom is -0.333 e. The lowest BCUT2D eigenvalue weighted by Gasteiger charge is -2.08. The predicted molar refractivity (Wildman–Crippen MR) is 64.4 cm³/mol. The highest BCUT2D eigenvalue weighted by Crippen LogP contribution is 2.27. The Hall–Kier alpha value is -1.27. The summed E-state index contributed by atoms with van der Waals surface area (Å²) < 4.78 is 27.3. The Bertz CT molecular complexity index is 542. The Kier molecular flexibility index (Phi) is 3.54. The van der Waals surface area contributed by atoms with Crippen molar-refractivity contribution in [2.24, 2.45) is 0 Å². The summed E-state index contributed by atoms with van der Waals surface area (Å²) in [6.07, 6.45) is 2.74. The number of nitrogens with one attached hydrogen (secondary N) is 1. The molecule has 0 amide bonds. The van der Waals surface area contributed by atoms with Crippen LogP contribution < -0.4 is 5.32 Å². The molecule has 0 atom stereocenters. The highest BCUT2D eigenvalue weighted by molar-refractivity contribution is 9.10. The normalized spacial score (nSPS) is 10.4. The van der Waals surface area contributed by atoms with Crippen molar-refractivity contribution < 1.29 is 8.78 Å². The van der Waals surface area contributed by atoms with E-state index >= 15 is 0 Å². The Balaban J connectivity index is 2.40. The van der Waals surface area contributed by atoms with Gasteiger partial charge in [-0.05, 0) is 12.1 Å². The fraction of sp³-hybridized carbons (Fsp3) is 0. The SMILES string of the molecule is Fc1cc(Br)cc(F)c1Nc1nccnc1Cl. The summed E-state index contributed by atoms with van der Waals surface area (Å²) in [6, 6.07) is 2.27. The standard InChI is InChI=1S/C10H5BrClF2N3/c11-5-3-6(13)8(7(14)4-5)17-10-9(12)15-1-2-16-10/h1-4H,(H,16,17). The van der Waals surface area contributed by atoms with Crippen LogP contribution in [0.4, 0.5) is 20.3 Å². The Morgan fingerprint density at radius 2 is 1.71 bits per heavy atom. The van der Waals surface area contributed by atoms with E-state index in [1.807, 2.05) is 0 Å². The first kappa shape index (κ1) is 12.2. The average molecular weight is 321 g/mol. The highest BCUT2D eigenvalue weighted by Gasteiger charge is 2.12. The molecular weight excluding hydrogens is 315 g/mol. The van der Waals surface area contributed by atoms with Gasteiger partial charge in [-0.1, -0.05) is 27.5 Å². The van der Waals surface area contributed by atoms with E-state index in [2.05, 4.69) is 31.2 Å². The molecule has 0 aliphatic rings. The maximum atomic E-state index is 13.5. The van der Waals surface area contributed by atoms with Crippen LogP contribution in [-0.2, 0) is 0 Å². The zero-order valence-corrected chi connectivity index (χ0v) is 10.6. The molecule has 0 fully saturated rings. The lowest BCUT2D eigenvalue weighted by Crippen LogP contribution is -2.00. The van der Waals surface area contributed by atoms with Crippen LogP contribution in [0.3, 0.4) is 0 Å². The number of halogens is 4. The molecule has 0 aliphatic carbocycles.